The number of likely N-dealkylation sites (tertiary alicyclic amines) is 1. The topological polar surface area (TPSA) is 57.8 Å². The number of H-pyrrole nitrogens is 1. The Morgan fingerprint density at radius 3 is 2.84 bits per heavy atom. The van der Waals surface area contributed by atoms with Gasteiger partial charge in [-0.1, -0.05) is 11.6 Å². The van der Waals surface area contributed by atoms with Gasteiger partial charge in [0.25, 0.3) is 0 Å². The Hall–Kier alpha value is -2.02. The molecule has 6 nitrogen and oxygen atoms in total. The predicted octanol–water partition coefficient (Wildman–Crippen LogP) is 3.89. The molecule has 31 heavy (non-hydrogen) atoms. The molecule has 168 valence electrons. The van der Waals surface area contributed by atoms with E-state index in [1.165, 1.54) is 5.69 Å². The van der Waals surface area contributed by atoms with Crippen molar-refractivity contribution in [3.05, 3.63) is 52.8 Å². The number of aromatic nitrogens is 1. The molecule has 1 aromatic carbocycles. The lowest BCUT2D eigenvalue weighted by atomic mass is 9.77. The van der Waals surface area contributed by atoms with Gasteiger partial charge in [-0.15, -0.1) is 0 Å². The van der Waals surface area contributed by atoms with Gasteiger partial charge in [-0.05, 0) is 62.2 Å². The van der Waals surface area contributed by atoms with E-state index in [-0.39, 0.29) is 11.3 Å². The van der Waals surface area contributed by atoms with Gasteiger partial charge in [0.05, 0.1) is 19.8 Å². The molecule has 0 radical (unpaired) electrons. The summed E-state index contributed by atoms with van der Waals surface area (Å²) in [5.41, 5.74) is 1.98. The molecule has 7 heteroatoms. The van der Waals surface area contributed by atoms with Crippen molar-refractivity contribution in [1.82, 2.24) is 14.8 Å². The first-order valence-corrected chi connectivity index (χ1v) is 11.5. The number of aromatic amines is 1. The summed E-state index contributed by atoms with van der Waals surface area (Å²) in [7, 11) is 0. The minimum atomic E-state index is -0.215. The quantitative estimate of drug-likeness (QED) is 0.702. The fourth-order valence-corrected chi connectivity index (χ4v) is 4.77. The van der Waals surface area contributed by atoms with Crippen molar-refractivity contribution in [2.45, 2.75) is 32.7 Å². The smallest absolute Gasteiger partial charge is 0.223 e. The second kappa shape index (κ2) is 10.1. The Labute approximate surface area is 189 Å². The number of nitrogens with one attached hydrogen (secondary N) is 1. The Bertz CT molecular complexity index is 867. The zero-order valence-electron chi connectivity index (χ0n) is 18.2. The molecule has 0 aliphatic carbocycles. The number of carbonyl (C=O) groups excluding carboxylic acids is 1. The molecule has 1 aromatic heterocycles. The third-order valence-corrected chi connectivity index (χ3v) is 6.79. The fourth-order valence-electron chi connectivity index (χ4n) is 4.65. The zero-order chi connectivity index (χ0) is 21.7. The van der Waals surface area contributed by atoms with Crippen LogP contribution in [0.25, 0.3) is 0 Å². The minimum Gasteiger partial charge on any atom is -0.493 e. The number of benzene rings is 1. The maximum Gasteiger partial charge on any atom is 0.223 e. The molecular formula is C24H32ClN3O3. The monoisotopic (exact) mass is 445 g/mol. The number of halogens is 1. The van der Waals surface area contributed by atoms with E-state index in [0.717, 1.165) is 48.8 Å². The number of ether oxygens (including phenoxy) is 2. The van der Waals surface area contributed by atoms with Crippen molar-refractivity contribution in [1.29, 1.82) is 0 Å². The van der Waals surface area contributed by atoms with Crippen LogP contribution in [0.2, 0.25) is 5.02 Å². The lowest BCUT2D eigenvalue weighted by Crippen LogP contribution is -2.50. The van der Waals surface area contributed by atoms with Crippen molar-refractivity contribution in [2.75, 3.05) is 46.0 Å². The van der Waals surface area contributed by atoms with E-state index in [9.17, 15) is 4.79 Å². The van der Waals surface area contributed by atoms with E-state index in [1.807, 2.05) is 42.3 Å². The predicted molar refractivity (Wildman–Crippen MR) is 121 cm³/mol. The summed E-state index contributed by atoms with van der Waals surface area (Å²) < 4.78 is 11.7. The lowest BCUT2D eigenvalue weighted by Gasteiger charge is -2.43. The number of hydrogen-bond donors (Lipinski definition) is 1. The van der Waals surface area contributed by atoms with Gasteiger partial charge in [0.2, 0.25) is 5.91 Å². The highest BCUT2D eigenvalue weighted by Gasteiger charge is 2.39. The van der Waals surface area contributed by atoms with Gasteiger partial charge in [-0.3, -0.25) is 9.69 Å². The lowest BCUT2D eigenvalue weighted by molar-refractivity contribution is -0.139. The molecule has 2 fully saturated rings. The number of hydrogen-bond acceptors (Lipinski definition) is 4. The van der Waals surface area contributed by atoms with E-state index >= 15 is 0 Å². The van der Waals surface area contributed by atoms with Crippen LogP contribution in [0.3, 0.4) is 0 Å². The van der Waals surface area contributed by atoms with Crippen molar-refractivity contribution >= 4 is 17.5 Å². The number of carbonyl (C=O) groups is 1. The Morgan fingerprint density at radius 2 is 2.10 bits per heavy atom. The van der Waals surface area contributed by atoms with Crippen molar-refractivity contribution < 1.29 is 14.3 Å². The van der Waals surface area contributed by atoms with Crippen LogP contribution in [0.5, 0.6) is 5.75 Å². The van der Waals surface area contributed by atoms with E-state index in [4.69, 9.17) is 21.1 Å². The number of aryl methyl sites for hydroxylation is 1. The summed E-state index contributed by atoms with van der Waals surface area (Å²) >= 11 is 6.17. The van der Waals surface area contributed by atoms with Crippen molar-refractivity contribution in [3.8, 4) is 5.75 Å². The molecule has 2 aromatic rings. The minimum absolute atomic E-state index is 0.209. The van der Waals surface area contributed by atoms with Crippen LogP contribution in [-0.4, -0.2) is 66.7 Å². The number of nitrogens with zero attached hydrogens (tertiary/aromatic N) is 2. The second-order valence-electron chi connectivity index (χ2n) is 8.88. The van der Waals surface area contributed by atoms with Gasteiger partial charge in [0, 0.05) is 54.9 Å². The molecule has 2 aliphatic heterocycles. The van der Waals surface area contributed by atoms with Crippen LogP contribution in [0.15, 0.2) is 36.5 Å². The normalized spacial score (nSPS) is 22.5. The third kappa shape index (κ3) is 5.82. The first-order chi connectivity index (χ1) is 15.0. The molecule has 0 bridgehead atoms. The first kappa shape index (κ1) is 22.2. The molecule has 1 unspecified atom stereocenters. The molecule has 3 heterocycles. The van der Waals surface area contributed by atoms with E-state index in [1.54, 1.807) is 0 Å². The number of piperidine rings is 1. The summed E-state index contributed by atoms with van der Waals surface area (Å²) in [5, 5.41) is 0.736. The summed E-state index contributed by atoms with van der Waals surface area (Å²) in [6.45, 7) is 7.84. The molecule has 2 saturated heterocycles. The molecule has 1 N–H and O–H groups in total. The molecule has 1 atom stereocenters. The summed E-state index contributed by atoms with van der Waals surface area (Å²) in [6, 6.07) is 9.89. The average molecular weight is 446 g/mol. The molecule has 0 spiro atoms. The Kier molecular flexibility index (Phi) is 7.20. The maximum absolute atomic E-state index is 13.2. The SMILES string of the molecule is Cc1cc(OCC2(CC(=O)N3CCOCC3)CCCN(Cc3ccc[nH]3)C2)ccc1Cl. The van der Waals surface area contributed by atoms with Crippen molar-refractivity contribution in [2.24, 2.45) is 5.41 Å². The average Bonchev–Trinajstić information content (AvgIpc) is 3.28. The molecule has 0 saturated carbocycles. The van der Waals surface area contributed by atoms with E-state index in [0.29, 0.717) is 39.3 Å². The van der Waals surface area contributed by atoms with Gasteiger partial charge in [-0.25, -0.2) is 0 Å². The van der Waals surface area contributed by atoms with Crippen molar-refractivity contribution in [3.63, 3.8) is 0 Å². The highest BCUT2D eigenvalue weighted by Crippen LogP contribution is 2.36. The highest BCUT2D eigenvalue weighted by molar-refractivity contribution is 6.31. The van der Waals surface area contributed by atoms with Crippen LogP contribution in [-0.2, 0) is 16.1 Å². The maximum atomic E-state index is 13.2. The van der Waals surface area contributed by atoms with Gasteiger partial charge in [0.15, 0.2) is 0 Å². The summed E-state index contributed by atoms with van der Waals surface area (Å²) in [4.78, 5) is 20.9. The van der Waals surface area contributed by atoms with Crippen LogP contribution >= 0.6 is 11.6 Å². The second-order valence-corrected chi connectivity index (χ2v) is 9.29. The van der Waals surface area contributed by atoms with Gasteiger partial charge in [0.1, 0.15) is 5.75 Å². The van der Waals surface area contributed by atoms with E-state index in [2.05, 4.69) is 16.0 Å². The standard InChI is InChI=1S/C24H32ClN3O3/c1-19-14-21(5-6-22(19)25)31-18-24(15-23(29)28-10-12-30-13-11-28)7-3-9-27(17-24)16-20-4-2-8-26-20/h2,4-6,8,14,26H,3,7,9-13,15-18H2,1H3. The van der Waals surface area contributed by atoms with Crippen LogP contribution in [0.4, 0.5) is 0 Å². The molecular weight excluding hydrogens is 414 g/mol. The Morgan fingerprint density at radius 1 is 1.26 bits per heavy atom. The first-order valence-electron chi connectivity index (χ1n) is 11.1. The van der Waals surface area contributed by atoms with Gasteiger partial charge < -0.3 is 19.4 Å². The largest absolute Gasteiger partial charge is 0.493 e. The van der Waals surface area contributed by atoms with Crippen LogP contribution in [0, 0.1) is 12.3 Å². The number of morpholine rings is 1. The van der Waals surface area contributed by atoms with Gasteiger partial charge >= 0.3 is 0 Å². The summed E-state index contributed by atoms with van der Waals surface area (Å²) in [5.74, 6) is 1.02. The summed E-state index contributed by atoms with van der Waals surface area (Å²) in [6.07, 6.45) is 4.50. The Balaban J connectivity index is 1.48. The molecule has 2 aliphatic rings. The molecule has 1 amide bonds. The van der Waals surface area contributed by atoms with E-state index < -0.39 is 0 Å². The number of rotatable bonds is 7. The highest BCUT2D eigenvalue weighted by atomic mass is 35.5. The third-order valence-electron chi connectivity index (χ3n) is 6.36. The number of amides is 1. The van der Waals surface area contributed by atoms with Crippen LogP contribution in [0.1, 0.15) is 30.5 Å². The van der Waals surface area contributed by atoms with Crippen LogP contribution < -0.4 is 4.74 Å². The van der Waals surface area contributed by atoms with Gasteiger partial charge in [-0.2, -0.15) is 0 Å². The molecule has 4 rings (SSSR count). The zero-order valence-corrected chi connectivity index (χ0v) is 19.0. The fraction of sp³-hybridized carbons (Fsp3) is 0.542.